The largest absolute Gasteiger partial charge is 0.493 e. The second-order valence-electron chi connectivity index (χ2n) is 4.96. The van der Waals surface area contributed by atoms with Gasteiger partial charge in [0.2, 0.25) is 0 Å². The zero-order valence-corrected chi connectivity index (χ0v) is 13.6. The van der Waals surface area contributed by atoms with Gasteiger partial charge in [-0.1, -0.05) is 17.7 Å². The molecule has 0 saturated heterocycles. The maximum atomic E-state index is 6.32. The van der Waals surface area contributed by atoms with E-state index in [1.807, 2.05) is 12.1 Å². The van der Waals surface area contributed by atoms with Crippen molar-refractivity contribution in [3.63, 3.8) is 0 Å². The number of nitrogens with zero attached hydrogens (tertiary/aromatic N) is 1. The van der Waals surface area contributed by atoms with Crippen molar-refractivity contribution in [2.75, 3.05) is 41.4 Å². The highest BCUT2D eigenvalue weighted by atomic mass is 35.5. The Balaban J connectivity index is 2.44. The number of halogens is 1. The van der Waals surface area contributed by atoms with Crippen molar-refractivity contribution in [3.8, 4) is 11.5 Å². The zero-order chi connectivity index (χ0) is 15.0. The van der Waals surface area contributed by atoms with Gasteiger partial charge in [0.05, 0.1) is 19.2 Å². The van der Waals surface area contributed by atoms with Gasteiger partial charge in [0.15, 0.2) is 11.5 Å². The summed E-state index contributed by atoms with van der Waals surface area (Å²) in [4.78, 5) is 2.20. The van der Waals surface area contributed by atoms with Crippen molar-refractivity contribution >= 4 is 11.6 Å². The van der Waals surface area contributed by atoms with Crippen molar-refractivity contribution in [2.45, 2.75) is 19.4 Å². The predicted molar refractivity (Wildman–Crippen MR) is 84.1 cm³/mol. The third kappa shape index (κ3) is 5.19. The van der Waals surface area contributed by atoms with Gasteiger partial charge in [-0.2, -0.15) is 0 Å². The molecule has 0 unspecified atom stereocenters. The van der Waals surface area contributed by atoms with E-state index in [4.69, 9.17) is 21.1 Å². The number of hydrogen-bond donors (Lipinski definition) is 1. The lowest BCUT2D eigenvalue weighted by atomic mass is 10.2. The number of ether oxygens (including phenoxy) is 2. The highest BCUT2D eigenvalue weighted by Crippen LogP contribution is 2.37. The van der Waals surface area contributed by atoms with Crippen LogP contribution in [-0.2, 0) is 6.54 Å². The monoisotopic (exact) mass is 300 g/mol. The van der Waals surface area contributed by atoms with Crippen LogP contribution in [0.2, 0.25) is 5.02 Å². The lowest BCUT2D eigenvalue weighted by Crippen LogP contribution is -2.18. The van der Waals surface area contributed by atoms with Gasteiger partial charge >= 0.3 is 0 Å². The fourth-order valence-electron chi connectivity index (χ4n) is 1.97. The summed E-state index contributed by atoms with van der Waals surface area (Å²) in [5.74, 6) is 1.26. The van der Waals surface area contributed by atoms with Crippen LogP contribution in [0.4, 0.5) is 0 Å². The highest BCUT2D eigenvalue weighted by molar-refractivity contribution is 6.33. The number of benzene rings is 1. The van der Waals surface area contributed by atoms with Crippen LogP contribution in [0.1, 0.15) is 18.4 Å². The van der Waals surface area contributed by atoms with Crippen LogP contribution in [0.25, 0.3) is 0 Å². The standard InChI is InChI=1S/C15H25ClN2O2/c1-18(2)10-6-5-9-17-11-12-7-8-13(19-3)15(20-4)14(12)16/h7-8,17H,5-6,9-11H2,1-4H3. The minimum Gasteiger partial charge on any atom is -0.493 e. The molecule has 0 fully saturated rings. The predicted octanol–water partition coefficient (Wildman–Crippen LogP) is 2.79. The summed E-state index contributed by atoms with van der Waals surface area (Å²) in [6.45, 7) is 2.85. The van der Waals surface area contributed by atoms with Gasteiger partial charge in [0.1, 0.15) is 0 Å². The Kier molecular flexibility index (Phi) is 7.73. The molecule has 0 atom stereocenters. The van der Waals surface area contributed by atoms with E-state index in [9.17, 15) is 0 Å². The molecule has 0 aliphatic heterocycles. The Hall–Kier alpha value is -0.970. The highest BCUT2D eigenvalue weighted by Gasteiger charge is 2.12. The molecule has 5 heteroatoms. The first-order chi connectivity index (χ1) is 9.60. The van der Waals surface area contributed by atoms with Crippen molar-refractivity contribution in [3.05, 3.63) is 22.7 Å². The summed E-state index contributed by atoms with van der Waals surface area (Å²) in [5.41, 5.74) is 1.02. The molecule has 4 nitrogen and oxygen atoms in total. The van der Waals surface area contributed by atoms with Gasteiger partial charge in [-0.3, -0.25) is 0 Å². The molecule has 1 rings (SSSR count). The smallest absolute Gasteiger partial charge is 0.179 e. The average Bonchev–Trinajstić information content (AvgIpc) is 2.43. The summed E-state index contributed by atoms with van der Waals surface area (Å²) in [7, 11) is 7.40. The zero-order valence-electron chi connectivity index (χ0n) is 12.8. The first kappa shape index (κ1) is 17.1. The summed E-state index contributed by atoms with van der Waals surface area (Å²) in [5, 5.41) is 4.02. The number of hydrogen-bond acceptors (Lipinski definition) is 4. The molecule has 114 valence electrons. The van der Waals surface area contributed by atoms with E-state index in [1.165, 1.54) is 6.42 Å². The van der Waals surface area contributed by atoms with E-state index in [0.717, 1.165) is 31.6 Å². The molecule has 1 aromatic rings. The normalized spacial score (nSPS) is 10.9. The quantitative estimate of drug-likeness (QED) is 0.711. The molecule has 0 bridgehead atoms. The lowest BCUT2D eigenvalue weighted by Gasteiger charge is -2.13. The molecule has 0 heterocycles. The van der Waals surface area contributed by atoms with Gasteiger partial charge in [-0.05, 0) is 51.7 Å². The molecule has 0 spiro atoms. The summed E-state index contributed by atoms with van der Waals surface area (Å²) < 4.78 is 10.5. The number of methoxy groups -OCH3 is 2. The van der Waals surface area contributed by atoms with E-state index in [2.05, 4.69) is 24.3 Å². The molecule has 0 aromatic heterocycles. The van der Waals surface area contributed by atoms with Crippen molar-refractivity contribution in [1.82, 2.24) is 10.2 Å². The third-order valence-electron chi connectivity index (χ3n) is 3.09. The van der Waals surface area contributed by atoms with Crippen LogP contribution < -0.4 is 14.8 Å². The molecular formula is C15H25ClN2O2. The molecule has 20 heavy (non-hydrogen) atoms. The summed E-state index contributed by atoms with van der Waals surface area (Å²) >= 11 is 6.32. The molecule has 0 saturated carbocycles. The van der Waals surface area contributed by atoms with Gasteiger partial charge in [-0.15, -0.1) is 0 Å². The van der Waals surface area contributed by atoms with Crippen molar-refractivity contribution in [2.24, 2.45) is 0 Å². The second kappa shape index (κ2) is 9.06. The fourth-order valence-corrected chi connectivity index (χ4v) is 2.27. The number of unbranched alkanes of at least 4 members (excludes halogenated alkanes) is 1. The van der Waals surface area contributed by atoms with E-state index >= 15 is 0 Å². The van der Waals surface area contributed by atoms with E-state index < -0.39 is 0 Å². The van der Waals surface area contributed by atoms with Crippen LogP contribution in [-0.4, -0.2) is 46.3 Å². The first-order valence-corrected chi connectivity index (χ1v) is 7.22. The molecule has 1 aromatic carbocycles. The Bertz CT molecular complexity index is 411. The molecule has 0 aliphatic carbocycles. The van der Waals surface area contributed by atoms with Crippen LogP contribution in [0.3, 0.4) is 0 Å². The summed E-state index contributed by atoms with van der Waals surface area (Å²) in [6, 6.07) is 3.85. The van der Waals surface area contributed by atoms with Gasteiger partial charge < -0.3 is 19.7 Å². The van der Waals surface area contributed by atoms with Crippen LogP contribution in [0.5, 0.6) is 11.5 Å². The maximum Gasteiger partial charge on any atom is 0.179 e. The maximum absolute atomic E-state index is 6.32. The van der Waals surface area contributed by atoms with Crippen LogP contribution in [0.15, 0.2) is 12.1 Å². The van der Waals surface area contributed by atoms with Crippen LogP contribution in [0, 0.1) is 0 Å². The molecule has 0 amide bonds. The Morgan fingerprint density at radius 2 is 1.90 bits per heavy atom. The van der Waals surface area contributed by atoms with E-state index in [1.54, 1.807) is 14.2 Å². The average molecular weight is 301 g/mol. The lowest BCUT2D eigenvalue weighted by molar-refractivity contribution is 0.354. The third-order valence-corrected chi connectivity index (χ3v) is 3.50. The SMILES string of the molecule is COc1ccc(CNCCCCN(C)C)c(Cl)c1OC. The molecule has 0 radical (unpaired) electrons. The topological polar surface area (TPSA) is 33.7 Å². The number of rotatable bonds is 9. The summed E-state index contributed by atoms with van der Waals surface area (Å²) in [6.07, 6.45) is 2.35. The van der Waals surface area contributed by atoms with Crippen LogP contribution >= 0.6 is 11.6 Å². The molecule has 0 aliphatic rings. The van der Waals surface area contributed by atoms with Gasteiger partial charge in [-0.25, -0.2) is 0 Å². The number of nitrogens with one attached hydrogen (secondary N) is 1. The minimum absolute atomic E-state index is 0.598. The second-order valence-corrected chi connectivity index (χ2v) is 5.34. The first-order valence-electron chi connectivity index (χ1n) is 6.85. The minimum atomic E-state index is 0.598. The van der Waals surface area contributed by atoms with Crippen molar-refractivity contribution in [1.29, 1.82) is 0 Å². The fraction of sp³-hybridized carbons (Fsp3) is 0.600. The Morgan fingerprint density at radius 1 is 1.15 bits per heavy atom. The Morgan fingerprint density at radius 3 is 2.50 bits per heavy atom. The van der Waals surface area contributed by atoms with Gasteiger partial charge in [0.25, 0.3) is 0 Å². The van der Waals surface area contributed by atoms with E-state index in [0.29, 0.717) is 16.5 Å². The van der Waals surface area contributed by atoms with E-state index in [-0.39, 0.29) is 0 Å². The van der Waals surface area contributed by atoms with Gasteiger partial charge in [0, 0.05) is 6.54 Å². The molecule has 1 N–H and O–H groups in total. The molecular weight excluding hydrogens is 276 g/mol. The van der Waals surface area contributed by atoms with Crippen molar-refractivity contribution < 1.29 is 9.47 Å². The Labute approximate surface area is 127 Å².